The summed E-state index contributed by atoms with van der Waals surface area (Å²) in [4.78, 5) is 16.2. The molecule has 0 atom stereocenters. The Balaban J connectivity index is 1.25. The summed E-state index contributed by atoms with van der Waals surface area (Å²) < 4.78 is 18.5. The molecule has 0 bridgehead atoms. The first-order valence-electron chi connectivity index (χ1n) is 10.7. The van der Waals surface area contributed by atoms with Crippen molar-refractivity contribution in [3.05, 3.63) is 89.4 Å². The molecule has 1 heterocycles. The van der Waals surface area contributed by atoms with Gasteiger partial charge >= 0.3 is 0 Å². The van der Waals surface area contributed by atoms with Gasteiger partial charge in [0.2, 0.25) is 0 Å². The quantitative estimate of drug-likeness (QED) is 0.363. The van der Waals surface area contributed by atoms with Crippen LogP contribution >= 0.6 is 0 Å². The summed E-state index contributed by atoms with van der Waals surface area (Å²) in [6.45, 7) is 2.89. The molecule has 3 rings (SSSR count). The lowest BCUT2D eigenvalue weighted by Crippen LogP contribution is -2.15. The zero-order valence-electron chi connectivity index (χ0n) is 18.0. The van der Waals surface area contributed by atoms with Crippen molar-refractivity contribution in [2.45, 2.75) is 32.4 Å². The molecule has 0 aliphatic heterocycles. The number of rotatable bonds is 12. The van der Waals surface area contributed by atoms with Crippen LogP contribution in [-0.4, -0.2) is 24.0 Å². The van der Waals surface area contributed by atoms with E-state index in [4.69, 9.17) is 10.5 Å². The van der Waals surface area contributed by atoms with Crippen molar-refractivity contribution in [1.29, 1.82) is 0 Å². The molecule has 168 valence electrons. The van der Waals surface area contributed by atoms with Crippen LogP contribution in [0.15, 0.2) is 66.9 Å². The number of nitrogen functional groups attached to an aromatic ring is 1. The molecule has 3 aromatic rings. The minimum atomic E-state index is -0.227. The van der Waals surface area contributed by atoms with E-state index in [0.29, 0.717) is 30.3 Å². The van der Waals surface area contributed by atoms with Crippen LogP contribution < -0.4 is 16.4 Å². The number of carbonyl (C=O) groups is 1. The number of carbonyl (C=O) groups excluding carboxylic acids is 1. The van der Waals surface area contributed by atoms with Crippen molar-refractivity contribution in [2.24, 2.45) is 0 Å². The topological polar surface area (TPSA) is 89.3 Å². The fourth-order valence-corrected chi connectivity index (χ4v) is 3.14. The van der Waals surface area contributed by atoms with Gasteiger partial charge < -0.3 is 21.1 Å². The molecule has 1 amide bonds. The summed E-state index contributed by atoms with van der Waals surface area (Å²) in [6, 6.07) is 17.2. The molecule has 0 unspecified atom stereocenters. The Hall–Kier alpha value is -3.29. The fraction of sp³-hybridized carbons (Fsp3) is 0.280. The summed E-state index contributed by atoms with van der Waals surface area (Å²) in [5.41, 5.74) is 8.95. The zero-order chi connectivity index (χ0) is 22.6. The lowest BCUT2D eigenvalue weighted by atomic mass is 10.1. The maximum atomic E-state index is 12.9. The van der Waals surface area contributed by atoms with Crippen molar-refractivity contribution in [3.8, 4) is 0 Å². The van der Waals surface area contributed by atoms with Gasteiger partial charge in [-0.1, -0.05) is 24.3 Å². The first kappa shape index (κ1) is 23.4. The lowest BCUT2D eigenvalue weighted by molar-refractivity contribution is 0.102. The number of anilines is 2. The first-order valence-corrected chi connectivity index (χ1v) is 10.7. The van der Waals surface area contributed by atoms with Crippen LogP contribution in [0.3, 0.4) is 0 Å². The number of hydrogen-bond donors (Lipinski definition) is 3. The lowest BCUT2D eigenvalue weighted by Gasteiger charge is -2.08. The van der Waals surface area contributed by atoms with E-state index in [1.165, 1.54) is 12.1 Å². The molecule has 0 aliphatic rings. The largest absolute Gasteiger partial charge is 0.384 e. The summed E-state index contributed by atoms with van der Waals surface area (Å²) >= 11 is 0. The Kier molecular flexibility index (Phi) is 9.16. The van der Waals surface area contributed by atoms with Crippen LogP contribution in [0.4, 0.5) is 15.9 Å². The number of benzene rings is 2. The molecular formula is C25H29FN4O2. The number of hydrogen-bond acceptors (Lipinski definition) is 5. The van der Waals surface area contributed by atoms with Crippen LogP contribution in [0.2, 0.25) is 0 Å². The molecule has 4 N–H and O–H groups in total. The second-order valence-electron chi connectivity index (χ2n) is 7.54. The van der Waals surface area contributed by atoms with Gasteiger partial charge in [0.25, 0.3) is 5.91 Å². The third kappa shape index (κ3) is 8.09. The monoisotopic (exact) mass is 436 g/mol. The van der Waals surface area contributed by atoms with Crippen molar-refractivity contribution < 1.29 is 13.9 Å². The Morgan fingerprint density at radius 3 is 2.47 bits per heavy atom. The highest BCUT2D eigenvalue weighted by molar-refractivity contribution is 6.04. The highest BCUT2D eigenvalue weighted by atomic mass is 19.1. The predicted octanol–water partition coefficient (Wildman–Crippen LogP) is 4.53. The Bertz CT molecular complexity index is 978. The van der Waals surface area contributed by atoms with E-state index in [2.05, 4.69) is 15.6 Å². The number of pyridine rings is 1. The van der Waals surface area contributed by atoms with E-state index in [-0.39, 0.29) is 11.7 Å². The number of aromatic nitrogens is 1. The highest BCUT2D eigenvalue weighted by Crippen LogP contribution is 2.12. The molecule has 1 aromatic heterocycles. The molecule has 0 radical (unpaired) electrons. The van der Waals surface area contributed by atoms with Crippen molar-refractivity contribution in [2.75, 3.05) is 24.2 Å². The molecule has 0 aliphatic carbocycles. The molecule has 0 saturated heterocycles. The van der Waals surface area contributed by atoms with E-state index < -0.39 is 0 Å². The Labute approximate surface area is 188 Å². The van der Waals surface area contributed by atoms with E-state index in [0.717, 1.165) is 43.5 Å². The van der Waals surface area contributed by atoms with Gasteiger partial charge in [0.15, 0.2) is 0 Å². The summed E-state index contributed by atoms with van der Waals surface area (Å²) in [6.07, 6.45) is 4.70. The molecule has 2 aromatic carbocycles. The van der Waals surface area contributed by atoms with Crippen molar-refractivity contribution in [3.63, 3.8) is 0 Å². The minimum Gasteiger partial charge on any atom is -0.384 e. The van der Waals surface area contributed by atoms with E-state index in [1.54, 1.807) is 30.5 Å². The van der Waals surface area contributed by atoms with Gasteiger partial charge in [-0.25, -0.2) is 9.37 Å². The maximum Gasteiger partial charge on any atom is 0.255 e. The van der Waals surface area contributed by atoms with Crippen LogP contribution in [0.5, 0.6) is 0 Å². The molecule has 0 spiro atoms. The van der Waals surface area contributed by atoms with Gasteiger partial charge in [0, 0.05) is 36.7 Å². The van der Waals surface area contributed by atoms with Crippen LogP contribution in [0, 0.1) is 5.82 Å². The van der Waals surface area contributed by atoms with Gasteiger partial charge in [0.1, 0.15) is 11.6 Å². The Morgan fingerprint density at radius 1 is 0.969 bits per heavy atom. The smallest absolute Gasteiger partial charge is 0.255 e. The molecule has 7 heteroatoms. The highest BCUT2D eigenvalue weighted by Gasteiger charge is 2.06. The SMILES string of the molecule is Nc1cc(NC(=O)c2ccc(CNCCCCCOCc3ccc(F)cc3)cc2)ccn1. The normalized spacial score (nSPS) is 10.8. The van der Waals surface area contributed by atoms with Gasteiger partial charge in [-0.05, 0) is 67.3 Å². The standard InChI is InChI=1S/C25H29FN4O2/c26-22-10-6-20(7-11-22)18-32-15-3-1-2-13-28-17-19-4-8-21(9-5-19)25(31)30-23-12-14-29-24(27)16-23/h4-12,14,16,28H,1-3,13,15,17-18H2,(H3,27,29,30,31). The second-order valence-corrected chi connectivity index (χ2v) is 7.54. The van der Waals surface area contributed by atoms with E-state index >= 15 is 0 Å². The molecular weight excluding hydrogens is 407 g/mol. The number of amides is 1. The molecule has 32 heavy (non-hydrogen) atoms. The number of halogens is 1. The summed E-state index contributed by atoms with van der Waals surface area (Å²) in [7, 11) is 0. The van der Waals surface area contributed by atoms with Crippen LogP contribution in [0.1, 0.15) is 40.7 Å². The fourth-order valence-electron chi connectivity index (χ4n) is 3.14. The number of nitrogens with two attached hydrogens (primary N) is 1. The Morgan fingerprint density at radius 2 is 1.72 bits per heavy atom. The average Bonchev–Trinajstić information content (AvgIpc) is 2.79. The number of nitrogens with one attached hydrogen (secondary N) is 2. The van der Waals surface area contributed by atoms with Gasteiger partial charge in [0.05, 0.1) is 6.61 Å². The molecule has 0 saturated carbocycles. The predicted molar refractivity (Wildman–Crippen MR) is 125 cm³/mol. The second kappa shape index (κ2) is 12.5. The third-order valence-corrected chi connectivity index (χ3v) is 4.91. The molecule has 0 fully saturated rings. The van der Waals surface area contributed by atoms with Crippen LogP contribution in [-0.2, 0) is 17.9 Å². The van der Waals surface area contributed by atoms with E-state index in [9.17, 15) is 9.18 Å². The van der Waals surface area contributed by atoms with Gasteiger partial charge in [-0.15, -0.1) is 0 Å². The summed E-state index contributed by atoms with van der Waals surface area (Å²) in [5.74, 6) is -0.0480. The zero-order valence-corrected chi connectivity index (χ0v) is 18.0. The average molecular weight is 437 g/mol. The first-order chi connectivity index (χ1) is 15.6. The number of nitrogens with zero attached hydrogens (tertiary/aromatic N) is 1. The van der Waals surface area contributed by atoms with Crippen LogP contribution in [0.25, 0.3) is 0 Å². The minimum absolute atomic E-state index is 0.184. The number of ether oxygens (including phenoxy) is 1. The summed E-state index contributed by atoms with van der Waals surface area (Å²) in [5, 5.41) is 6.23. The number of unbranched alkanes of at least 4 members (excludes halogenated alkanes) is 2. The van der Waals surface area contributed by atoms with Crippen molar-refractivity contribution in [1.82, 2.24) is 10.3 Å². The van der Waals surface area contributed by atoms with Gasteiger partial charge in [-0.2, -0.15) is 0 Å². The van der Waals surface area contributed by atoms with E-state index in [1.807, 2.05) is 24.3 Å². The maximum absolute atomic E-state index is 12.9. The van der Waals surface area contributed by atoms with Crippen molar-refractivity contribution >= 4 is 17.4 Å². The third-order valence-electron chi connectivity index (χ3n) is 4.91. The molecule has 6 nitrogen and oxygen atoms in total. The van der Waals surface area contributed by atoms with Gasteiger partial charge in [-0.3, -0.25) is 4.79 Å².